The van der Waals surface area contributed by atoms with Crippen LogP contribution in [-0.2, 0) is 29.7 Å². The van der Waals surface area contributed by atoms with E-state index in [1.54, 1.807) is 4.31 Å². The Morgan fingerprint density at radius 2 is 1.48 bits per heavy atom. The van der Waals surface area contributed by atoms with Gasteiger partial charge in [0.2, 0.25) is 10.0 Å². The third-order valence-corrected chi connectivity index (χ3v) is 7.62. The molecular weight excluding hydrogens is 435 g/mol. The summed E-state index contributed by atoms with van der Waals surface area (Å²) < 4.78 is 39.9. The van der Waals surface area contributed by atoms with Gasteiger partial charge in [-0.3, -0.25) is 4.90 Å². The molecule has 1 saturated heterocycles. The second kappa shape index (κ2) is 10.6. The molecule has 4 nitrogen and oxygen atoms in total. The van der Waals surface area contributed by atoms with Crippen LogP contribution >= 0.6 is 0 Å². The Morgan fingerprint density at radius 3 is 2.15 bits per heavy atom. The Kier molecular flexibility index (Phi) is 7.58. The molecule has 3 aromatic carbocycles. The Balaban J connectivity index is 1.44. The fourth-order valence-corrected chi connectivity index (χ4v) is 5.35. The third kappa shape index (κ3) is 6.50. The molecule has 0 bridgehead atoms. The van der Waals surface area contributed by atoms with Gasteiger partial charge in [0.15, 0.2) is 0 Å². The summed E-state index contributed by atoms with van der Waals surface area (Å²) in [7, 11) is -3.36. The minimum atomic E-state index is -3.36. The molecule has 1 heterocycles. The van der Waals surface area contributed by atoms with Gasteiger partial charge in [0.25, 0.3) is 0 Å². The fourth-order valence-electron chi connectivity index (χ4n) is 4.59. The lowest BCUT2D eigenvalue weighted by atomic mass is 9.86. The molecule has 1 aliphatic heterocycles. The Hall–Kier alpha value is -2.54. The molecule has 4 rings (SSSR count). The van der Waals surface area contributed by atoms with E-state index < -0.39 is 10.0 Å². The molecule has 0 aliphatic carbocycles. The molecular formula is C27H31FN2O2S. The largest absolute Gasteiger partial charge is 0.299 e. The molecule has 0 spiro atoms. The standard InChI is InChI=1S/C27H31FN2O2S/c1-33(31,32)30(20-22-7-3-2-4-8-22)21-25-9-5-6-10-27(25)24-15-17-29(18-16-24)19-23-11-13-26(28)14-12-23/h2-14,24H,15-21H2,1H3. The first-order chi connectivity index (χ1) is 15.9. The predicted octanol–water partition coefficient (Wildman–Crippen LogP) is 5.17. The van der Waals surface area contributed by atoms with E-state index in [1.807, 2.05) is 54.6 Å². The average Bonchev–Trinajstić information content (AvgIpc) is 2.81. The van der Waals surface area contributed by atoms with Crippen LogP contribution in [0.5, 0.6) is 0 Å². The minimum Gasteiger partial charge on any atom is -0.299 e. The lowest BCUT2D eigenvalue weighted by Crippen LogP contribution is -2.33. The fraction of sp³-hybridized carbons (Fsp3) is 0.333. The highest BCUT2D eigenvalue weighted by Crippen LogP contribution is 2.32. The van der Waals surface area contributed by atoms with Gasteiger partial charge in [0.05, 0.1) is 6.26 Å². The first-order valence-corrected chi connectivity index (χ1v) is 13.3. The maximum Gasteiger partial charge on any atom is 0.211 e. The van der Waals surface area contributed by atoms with Crippen LogP contribution in [0.2, 0.25) is 0 Å². The van der Waals surface area contributed by atoms with Crippen molar-refractivity contribution in [1.29, 1.82) is 0 Å². The molecule has 0 radical (unpaired) electrons. The highest BCUT2D eigenvalue weighted by Gasteiger charge is 2.25. The lowest BCUT2D eigenvalue weighted by molar-refractivity contribution is 0.204. The second-order valence-electron chi connectivity index (χ2n) is 8.89. The minimum absolute atomic E-state index is 0.204. The molecule has 33 heavy (non-hydrogen) atoms. The topological polar surface area (TPSA) is 40.6 Å². The number of sulfonamides is 1. The quantitative estimate of drug-likeness (QED) is 0.460. The summed E-state index contributed by atoms with van der Waals surface area (Å²) in [6, 6.07) is 24.7. The van der Waals surface area contributed by atoms with E-state index in [1.165, 1.54) is 24.0 Å². The molecule has 174 valence electrons. The molecule has 0 saturated carbocycles. The monoisotopic (exact) mass is 466 g/mol. The number of benzene rings is 3. The van der Waals surface area contributed by atoms with Crippen molar-refractivity contribution in [3.05, 3.63) is 107 Å². The zero-order valence-corrected chi connectivity index (χ0v) is 19.8. The summed E-state index contributed by atoms with van der Waals surface area (Å²) in [6.07, 6.45) is 3.33. The summed E-state index contributed by atoms with van der Waals surface area (Å²) in [5.41, 5.74) is 4.44. The van der Waals surface area contributed by atoms with E-state index in [0.29, 0.717) is 19.0 Å². The van der Waals surface area contributed by atoms with E-state index in [-0.39, 0.29) is 5.82 Å². The Labute approximate surface area is 196 Å². The number of halogens is 1. The Bertz CT molecular complexity index is 1140. The van der Waals surface area contributed by atoms with Gasteiger partial charge >= 0.3 is 0 Å². The third-order valence-electron chi connectivity index (χ3n) is 6.42. The Morgan fingerprint density at radius 1 is 0.848 bits per heavy atom. The molecule has 0 N–H and O–H groups in total. The van der Waals surface area contributed by atoms with Crippen molar-refractivity contribution in [3.63, 3.8) is 0 Å². The molecule has 3 aromatic rings. The van der Waals surface area contributed by atoms with Crippen LogP contribution in [0.1, 0.15) is 41.0 Å². The molecule has 0 aromatic heterocycles. The molecule has 0 amide bonds. The summed E-state index contributed by atoms with van der Waals surface area (Å²) in [6.45, 7) is 3.50. The van der Waals surface area contributed by atoms with E-state index in [9.17, 15) is 12.8 Å². The highest BCUT2D eigenvalue weighted by molar-refractivity contribution is 7.88. The smallest absolute Gasteiger partial charge is 0.211 e. The van der Waals surface area contributed by atoms with Gasteiger partial charge in [-0.25, -0.2) is 12.8 Å². The SMILES string of the molecule is CS(=O)(=O)N(Cc1ccccc1)Cc1ccccc1C1CCN(Cc2ccc(F)cc2)CC1. The van der Waals surface area contributed by atoms with Crippen molar-refractivity contribution >= 4 is 10.0 Å². The van der Waals surface area contributed by atoms with Gasteiger partial charge in [-0.2, -0.15) is 4.31 Å². The van der Waals surface area contributed by atoms with Crippen LogP contribution in [0.3, 0.4) is 0 Å². The maximum absolute atomic E-state index is 13.2. The van der Waals surface area contributed by atoms with Crippen LogP contribution in [0.4, 0.5) is 4.39 Å². The van der Waals surface area contributed by atoms with Crippen LogP contribution in [0.15, 0.2) is 78.9 Å². The van der Waals surface area contributed by atoms with Crippen molar-refractivity contribution in [1.82, 2.24) is 9.21 Å². The van der Waals surface area contributed by atoms with Crippen LogP contribution in [0, 0.1) is 5.82 Å². The van der Waals surface area contributed by atoms with Crippen LogP contribution in [0.25, 0.3) is 0 Å². The molecule has 1 aliphatic rings. The number of nitrogens with zero attached hydrogens (tertiary/aromatic N) is 2. The molecule has 1 fully saturated rings. The maximum atomic E-state index is 13.2. The van der Waals surface area contributed by atoms with Crippen molar-refractivity contribution in [2.75, 3.05) is 19.3 Å². The van der Waals surface area contributed by atoms with Gasteiger partial charge in [-0.05, 0) is 66.2 Å². The van der Waals surface area contributed by atoms with Crippen molar-refractivity contribution in [2.45, 2.75) is 38.4 Å². The van der Waals surface area contributed by atoms with Crippen molar-refractivity contribution in [3.8, 4) is 0 Å². The number of likely N-dealkylation sites (tertiary alicyclic amines) is 1. The van der Waals surface area contributed by atoms with E-state index >= 15 is 0 Å². The average molecular weight is 467 g/mol. The summed E-state index contributed by atoms with van der Waals surface area (Å²) in [4.78, 5) is 2.41. The molecule has 0 unspecified atom stereocenters. The first kappa shape index (κ1) is 23.6. The summed E-state index contributed by atoms with van der Waals surface area (Å²) in [5.74, 6) is 0.202. The van der Waals surface area contributed by atoms with Crippen LogP contribution in [-0.4, -0.2) is 37.0 Å². The number of rotatable bonds is 8. The number of hydrogen-bond donors (Lipinski definition) is 0. The van der Waals surface area contributed by atoms with Crippen LogP contribution < -0.4 is 0 Å². The van der Waals surface area contributed by atoms with E-state index in [2.05, 4.69) is 17.0 Å². The van der Waals surface area contributed by atoms with Crippen molar-refractivity contribution < 1.29 is 12.8 Å². The van der Waals surface area contributed by atoms with Crippen molar-refractivity contribution in [2.24, 2.45) is 0 Å². The zero-order valence-electron chi connectivity index (χ0n) is 19.0. The first-order valence-electron chi connectivity index (χ1n) is 11.4. The number of piperidine rings is 1. The second-order valence-corrected chi connectivity index (χ2v) is 10.9. The lowest BCUT2D eigenvalue weighted by Gasteiger charge is -2.33. The molecule has 6 heteroatoms. The normalized spacial score (nSPS) is 15.7. The zero-order chi connectivity index (χ0) is 23.3. The predicted molar refractivity (Wildman–Crippen MR) is 131 cm³/mol. The van der Waals surface area contributed by atoms with E-state index in [4.69, 9.17) is 0 Å². The molecule has 0 atom stereocenters. The number of hydrogen-bond acceptors (Lipinski definition) is 3. The highest BCUT2D eigenvalue weighted by atomic mass is 32.2. The van der Waals surface area contributed by atoms with Gasteiger partial charge in [0, 0.05) is 19.6 Å². The van der Waals surface area contributed by atoms with Gasteiger partial charge in [-0.15, -0.1) is 0 Å². The van der Waals surface area contributed by atoms with E-state index in [0.717, 1.165) is 49.2 Å². The van der Waals surface area contributed by atoms with Gasteiger partial charge in [0.1, 0.15) is 5.82 Å². The summed E-state index contributed by atoms with van der Waals surface area (Å²) in [5, 5.41) is 0. The van der Waals surface area contributed by atoms with Gasteiger partial charge in [-0.1, -0.05) is 66.7 Å². The van der Waals surface area contributed by atoms with Gasteiger partial charge < -0.3 is 0 Å². The summed E-state index contributed by atoms with van der Waals surface area (Å²) >= 11 is 0.